The van der Waals surface area contributed by atoms with E-state index in [1.807, 2.05) is 11.8 Å². The summed E-state index contributed by atoms with van der Waals surface area (Å²) in [5.74, 6) is 2.12. The molecule has 0 spiro atoms. The van der Waals surface area contributed by atoms with Crippen LogP contribution in [0.2, 0.25) is 0 Å². The molecule has 0 aliphatic heterocycles. The van der Waals surface area contributed by atoms with Crippen LogP contribution in [0.4, 0.5) is 5.00 Å². The highest BCUT2D eigenvalue weighted by Gasteiger charge is 2.07. The maximum absolute atomic E-state index is 4.16. The summed E-state index contributed by atoms with van der Waals surface area (Å²) in [6.45, 7) is 10.9. The molecule has 0 bridgehead atoms. The summed E-state index contributed by atoms with van der Waals surface area (Å²) in [5, 5.41) is 8.59. The van der Waals surface area contributed by atoms with E-state index in [0.29, 0.717) is 0 Å². The summed E-state index contributed by atoms with van der Waals surface area (Å²) >= 11 is 3.38. The van der Waals surface area contributed by atoms with Gasteiger partial charge in [0.15, 0.2) is 0 Å². The van der Waals surface area contributed by atoms with E-state index in [-0.39, 0.29) is 0 Å². The van der Waals surface area contributed by atoms with E-state index in [2.05, 4.69) is 40.6 Å². The normalized spacial score (nSPS) is 11.1. The van der Waals surface area contributed by atoms with Crippen molar-refractivity contribution in [2.24, 2.45) is 0 Å². The standard InChI is InChI=1S/C11H22N4S2/c1-4-12-11-10(13-14-17-11)9-16-8-7-15(5-2)6-3/h12H,4-9H2,1-3H3. The lowest BCUT2D eigenvalue weighted by molar-refractivity contribution is 0.324. The van der Waals surface area contributed by atoms with Crippen molar-refractivity contribution in [3.63, 3.8) is 0 Å². The largest absolute Gasteiger partial charge is 0.374 e. The van der Waals surface area contributed by atoms with E-state index in [4.69, 9.17) is 0 Å². The van der Waals surface area contributed by atoms with Gasteiger partial charge in [-0.2, -0.15) is 11.8 Å². The van der Waals surface area contributed by atoms with Gasteiger partial charge >= 0.3 is 0 Å². The fourth-order valence-electron chi connectivity index (χ4n) is 1.50. The highest BCUT2D eigenvalue weighted by molar-refractivity contribution is 7.98. The Labute approximate surface area is 112 Å². The molecular weight excluding hydrogens is 252 g/mol. The summed E-state index contributed by atoms with van der Waals surface area (Å²) in [7, 11) is 0. The Bertz CT molecular complexity index is 299. The Morgan fingerprint density at radius 2 is 2.06 bits per heavy atom. The number of hydrogen-bond donors (Lipinski definition) is 1. The maximum Gasteiger partial charge on any atom is 0.134 e. The third kappa shape index (κ3) is 5.23. The molecule has 1 aromatic rings. The lowest BCUT2D eigenvalue weighted by Gasteiger charge is -2.17. The van der Waals surface area contributed by atoms with Crippen molar-refractivity contribution < 1.29 is 0 Å². The van der Waals surface area contributed by atoms with Gasteiger partial charge in [0.1, 0.15) is 10.7 Å². The monoisotopic (exact) mass is 274 g/mol. The molecule has 0 fully saturated rings. The van der Waals surface area contributed by atoms with Gasteiger partial charge in [-0.1, -0.05) is 18.3 Å². The summed E-state index contributed by atoms with van der Waals surface area (Å²) in [4.78, 5) is 2.44. The fourth-order valence-corrected chi connectivity index (χ4v) is 3.17. The van der Waals surface area contributed by atoms with Crippen LogP contribution in [0.1, 0.15) is 26.5 Å². The molecule has 1 aromatic heterocycles. The third-order valence-electron chi connectivity index (χ3n) is 2.58. The minimum absolute atomic E-state index is 0.932. The minimum Gasteiger partial charge on any atom is -0.374 e. The first-order valence-corrected chi connectivity index (χ1v) is 8.09. The number of rotatable bonds is 9. The molecule has 0 aromatic carbocycles. The highest BCUT2D eigenvalue weighted by Crippen LogP contribution is 2.22. The zero-order chi connectivity index (χ0) is 12.5. The SMILES string of the molecule is CCNc1snnc1CSCCN(CC)CC. The summed E-state index contributed by atoms with van der Waals surface area (Å²) in [5.41, 5.74) is 1.10. The molecule has 0 saturated carbocycles. The minimum atomic E-state index is 0.932. The molecule has 1 N–H and O–H groups in total. The zero-order valence-electron chi connectivity index (χ0n) is 10.9. The average Bonchev–Trinajstić information content (AvgIpc) is 2.78. The van der Waals surface area contributed by atoms with Gasteiger partial charge in [-0.3, -0.25) is 0 Å². The molecule has 4 nitrogen and oxygen atoms in total. The van der Waals surface area contributed by atoms with E-state index >= 15 is 0 Å². The summed E-state index contributed by atoms with van der Waals surface area (Å²) < 4.78 is 3.99. The Balaban J connectivity index is 2.23. The number of aromatic nitrogens is 2. The molecule has 0 atom stereocenters. The summed E-state index contributed by atoms with van der Waals surface area (Å²) in [6, 6.07) is 0. The van der Waals surface area contributed by atoms with Gasteiger partial charge in [0.2, 0.25) is 0 Å². The van der Waals surface area contributed by atoms with E-state index in [1.165, 1.54) is 11.5 Å². The highest BCUT2D eigenvalue weighted by atomic mass is 32.2. The molecule has 17 heavy (non-hydrogen) atoms. The van der Waals surface area contributed by atoms with Crippen molar-refractivity contribution in [2.45, 2.75) is 26.5 Å². The van der Waals surface area contributed by atoms with Crippen LogP contribution in [-0.2, 0) is 5.75 Å². The molecular formula is C11H22N4S2. The van der Waals surface area contributed by atoms with Gasteiger partial charge in [0.05, 0.1) is 0 Å². The van der Waals surface area contributed by atoms with Crippen molar-refractivity contribution in [2.75, 3.05) is 37.2 Å². The molecule has 0 saturated heterocycles. The Morgan fingerprint density at radius 3 is 2.71 bits per heavy atom. The lowest BCUT2D eigenvalue weighted by atomic mass is 10.5. The van der Waals surface area contributed by atoms with Crippen LogP contribution in [0.3, 0.4) is 0 Å². The molecule has 0 aliphatic carbocycles. The Kier molecular flexibility index (Phi) is 7.55. The van der Waals surface area contributed by atoms with Gasteiger partial charge in [-0.25, -0.2) is 0 Å². The second kappa shape index (κ2) is 8.72. The second-order valence-electron chi connectivity index (χ2n) is 3.66. The second-order valence-corrected chi connectivity index (χ2v) is 5.52. The lowest BCUT2D eigenvalue weighted by Crippen LogP contribution is -2.25. The van der Waals surface area contributed by atoms with Crippen LogP contribution >= 0.6 is 23.3 Å². The number of nitrogens with zero attached hydrogens (tertiary/aromatic N) is 3. The van der Waals surface area contributed by atoms with Crippen LogP contribution in [0.15, 0.2) is 0 Å². The third-order valence-corrected chi connectivity index (χ3v) is 4.25. The molecule has 0 amide bonds. The maximum atomic E-state index is 4.16. The fraction of sp³-hybridized carbons (Fsp3) is 0.818. The van der Waals surface area contributed by atoms with E-state index < -0.39 is 0 Å². The first kappa shape index (κ1) is 14.7. The molecule has 1 rings (SSSR count). The number of thioether (sulfide) groups is 1. The predicted molar refractivity (Wildman–Crippen MR) is 78.0 cm³/mol. The van der Waals surface area contributed by atoms with Crippen molar-refractivity contribution in [3.05, 3.63) is 5.69 Å². The smallest absolute Gasteiger partial charge is 0.134 e. The van der Waals surface area contributed by atoms with Crippen LogP contribution in [-0.4, -0.2) is 46.4 Å². The average molecular weight is 274 g/mol. The van der Waals surface area contributed by atoms with E-state index in [9.17, 15) is 0 Å². The van der Waals surface area contributed by atoms with Crippen LogP contribution in [0, 0.1) is 0 Å². The van der Waals surface area contributed by atoms with Crippen LogP contribution in [0.25, 0.3) is 0 Å². The first-order chi connectivity index (χ1) is 8.31. The van der Waals surface area contributed by atoms with Gasteiger partial charge in [-0.15, -0.1) is 5.10 Å². The molecule has 6 heteroatoms. The van der Waals surface area contributed by atoms with Crippen molar-refractivity contribution >= 4 is 28.3 Å². The Hall–Kier alpha value is -0.330. The quantitative estimate of drug-likeness (QED) is 0.701. The molecule has 0 radical (unpaired) electrons. The van der Waals surface area contributed by atoms with Crippen molar-refractivity contribution in [3.8, 4) is 0 Å². The van der Waals surface area contributed by atoms with E-state index in [0.717, 1.165) is 48.4 Å². The topological polar surface area (TPSA) is 41.1 Å². The molecule has 98 valence electrons. The number of anilines is 1. The van der Waals surface area contributed by atoms with Crippen molar-refractivity contribution in [1.29, 1.82) is 0 Å². The number of nitrogens with one attached hydrogen (secondary N) is 1. The van der Waals surface area contributed by atoms with Gasteiger partial charge in [0.25, 0.3) is 0 Å². The molecule has 0 unspecified atom stereocenters. The van der Waals surface area contributed by atoms with Crippen molar-refractivity contribution in [1.82, 2.24) is 14.5 Å². The van der Waals surface area contributed by atoms with Crippen LogP contribution < -0.4 is 5.32 Å². The zero-order valence-corrected chi connectivity index (χ0v) is 12.5. The van der Waals surface area contributed by atoms with Crippen LogP contribution in [0.5, 0.6) is 0 Å². The van der Waals surface area contributed by atoms with E-state index in [1.54, 1.807) is 0 Å². The van der Waals surface area contributed by atoms with Gasteiger partial charge in [-0.05, 0) is 20.0 Å². The molecule has 1 heterocycles. The Morgan fingerprint density at radius 1 is 1.29 bits per heavy atom. The first-order valence-electron chi connectivity index (χ1n) is 6.16. The number of hydrogen-bond acceptors (Lipinski definition) is 6. The predicted octanol–water partition coefficient (Wildman–Crippen LogP) is 2.54. The van der Waals surface area contributed by atoms with Gasteiger partial charge < -0.3 is 10.2 Å². The van der Waals surface area contributed by atoms with Gasteiger partial charge in [0, 0.05) is 36.1 Å². The summed E-state index contributed by atoms with van der Waals surface area (Å²) in [6.07, 6.45) is 0. The molecule has 0 aliphatic rings.